The normalized spacial score (nSPS) is 10.9. The Bertz CT molecular complexity index is 462. The van der Waals surface area contributed by atoms with E-state index in [4.69, 9.17) is 0 Å². The van der Waals surface area contributed by atoms with Crippen molar-refractivity contribution in [1.29, 1.82) is 0 Å². The molecule has 0 bridgehead atoms. The molecule has 0 unspecified atom stereocenters. The Kier molecular flexibility index (Phi) is 3.36. The minimum atomic E-state index is 0.687. The summed E-state index contributed by atoms with van der Waals surface area (Å²) in [5, 5.41) is 10.8. The third-order valence-corrected chi connectivity index (χ3v) is 2.39. The smallest absolute Gasteiger partial charge is 0.243 e. The number of anilines is 1. The number of likely N-dealkylation sites (N-methyl/N-ethyl adjacent to an activating group) is 1. The van der Waals surface area contributed by atoms with Crippen molar-refractivity contribution in [2.75, 3.05) is 25.0 Å². The monoisotopic (exact) mass is 219 g/mol. The molecule has 2 aromatic rings. The lowest BCUT2D eigenvalue weighted by molar-refractivity contribution is 0.736. The number of aryl methyl sites for hydroxylation is 1. The second-order valence-corrected chi connectivity index (χ2v) is 3.68. The SMILES string of the molecule is CCNCCNc1nc2c(C)cccn2n1. The quantitative estimate of drug-likeness (QED) is 0.738. The molecule has 2 rings (SSSR count). The summed E-state index contributed by atoms with van der Waals surface area (Å²) >= 11 is 0. The van der Waals surface area contributed by atoms with Crippen molar-refractivity contribution in [3.05, 3.63) is 23.9 Å². The number of pyridine rings is 1. The topological polar surface area (TPSA) is 54.2 Å². The summed E-state index contributed by atoms with van der Waals surface area (Å²) in [6, 6.07) is 4.01. The van der Waals surface area contributed by atoms with E-state index in [0.29, 0.717) is 5.95 Å². The Morgan fingerprint density at radius 3 is 3.00 bits per heavy atom. The van der Waals surface area contributed by atoms with E-state index in [1.54, 1.807) is 4.52 Å². The first-order valence-electron chi connectivity index (χ1n) is 5.58. The molecule has 0 saturated carbocycles. The van der Waals surface area contributed by atoms with Gasteiger partial charge in [-0.1, -0.05) is 13.0 Å². The van der Waals surface area contributed by atoms with E-state index in [-0.39, 0.29) is 0 Å². The van der Waals surface area contributed by atoms with Crippen molar-refractivity contribution in [1.82, 2.24) is 19.9 Å². The van der Waals surface area contributed by atoms with Crippen LogP contribution < -0.4 is 10.6 Å². The Hall–Kier alpha value is -1.62. The van der Waals surface area contributed by atoms with E-state index in [1.165, 1.54) is 0 Å². The van der Waals surface area contributed by atoms with Gasteiger partial charge in [-0.25, -0.2) is 4.52 Å². The van der Waals surface area contributed by atoms with Crippen LogP contribution in [-0.2, 0) is 0 Å². The Morgan fingerprint density at radius 1 is 1.38 bits per heavy atom. The van der Waals surface area contributed by atoms with Crippen LogP contribution in [0.15, 0.2) is 18.3 Å². The third kappa shape index (κ3) is 2.30. The number of rotatable bonds is 5. The van der Waals surface area contributed by atoms with Crippen molar-refractivity contribution in [3.8, 4) is 0 Å². The van der Waals surface area contributed by atoms with Crippen molar-refractivity contribution < 1.29 is 0 Å². The fourth-order valence-electron chi connectivity index (χ4n) is 1.55. The van der Waals surface area contributed by atoms with Crippen LogP contribution in [0.1, 0.15) is 12.5 Å². The predicted molar refractivity (Wildman–Crippen MR) is 64.8 cm³/mol. The number of nitrogens with zero attached hydrogens (tertiary/aromatic N) is 3. The summed E-state index contributed by atoms with van der Waals surface area (Å²) in [5.74, 6) is 0.687. The Morgan fingerprint density at radius 2 is 2.25 bits per heavy atom. The van der Waals surface area contributed by atoms with E-state index in [9.17, 15) is 0 Å². The Labute approximate surface area is 94.9 Å². The van der Waals surface area contributed by atoms with Gasteiger partial charge in [0.15, 0.2) is 5.65 Å². The van der Waals surface area contributed by atoms with Gasteiger partial charge in [0.05, 0.1) is 0 Å². The summed E-state index contributed by atoms with van der Waals surface area (Å²) in [4.78, 5) is 4.42. The van der Waals surface area contributed by atoms with Gasteiger partial charge in [-0.2, -0.15) is 4.98 Å². The molecule has 5 nitrogen and oxygen atoms in total. The summed E-state index contributed by atoms with van der Waals surface area (Å²) < 4.78 is 1.80. The lowest BCUT2D eigenvalue weighted by Crippen LogP contribution is -2.21. The first-order valence-corrected chi connectivity index (χ1v) is 5.58. The van der Waals surface area contributed by atoms with Crippen LogP contribution in [0.4, 0.5) is 5.95 Å². The van der Waals surface area contributed by atoms with Crippen LogP contribution in [0, 0.1) is 6.92 Å². The fourth-order valence-corrected chi connectivity index (χ4v) is 1.55. The molecule has 0 aliphatic carbocycles. The van der Waals surface area contributed by atoms with E-state index < -0.39 is 0 Å². The zero-order valence-electron chi connectivity index (χ0n) is 9.70. The molecule has 5 heteroatoms. The maximum Gasteiger partial charge on any atom is 0.243 e. The van der Waals surface area contributed by atoms with Crippen LogP contribution >= 0.6 is 0 Å². The molecule has 86 valence electrons. The third-order valence-electron chi connectivity index (χ3n) is 2.39. The first-order chi connectivity index (χ1) is 7.81. The zero-order valence-corrected chi connectivity index (χ0v) is 9.70. The maximum absolute atomic E-state index is 4.42. The molecule has 2 N–H and O–H groups in total. The minimum absolute atomic E-state index is 0.687. The van der Waals surface area contributed by atoms with Gasteiger partial charge in [0.1, 0.15) is 0 Å². The van der Waals surface area contributed by atoms with E-state index in [0.717, 1.165) is 30.8 Å². The summed E-state index contributed by atoms with van der Waals surface area (Å²) in [6.45, 7) is 6.87. The molecule has 0 atom stereocenters. The van der Waals surface area contributed by atoms with Gasteiger partial charge in [0.2, 0.25) is 5.95 Å². The number of aromatic nitrogens is 3. The minimum Gasteiger partial charge on any atom is -0.352 e. The molecule has 0 amide bonds. The van der Waals surface area contributed by atoms with Crippen LogP contribution in [0.2, 0.25) is 0 Å². The van der Waals surface area contributed by atoms with Crippen LogP contribution in [0.3, 0.4) is 0 Å². The average molecular weight is 219 g/mol. The van der Waals surface area contributed by atoms with Gasteiger partial charge >= 0.3 is 0 Å². The predicted octanol–water partition coefficient (Wildman–Crippen LogP) is 1.06. The average Bonchev–Trinajstić information content (AvgIpc) is 2.69. The van der Waals surface area contributed by atoms with Crippen molar-refractivity contribution in [3.63, 3.8) is 0 Å². The molecule has 0 aliphatic rings. The highest BCUT2D eigenvalue weighted by atomic mass is 15.3. The Balaban J connectivity index is 2.05. The highest BCUT2D eigenvalue weighted by molar-refractivity contribution is 5.49. The van der Waals surface area contributed by atoms with Crippen molar-refractivity contribution in [2.24, 2.45) is 0 Å². The molecule has 0 saturated heterocycles. The summed E-state index contributed by atoms with van der Waals surface area (Å²) in [5.41, 5.74) is 2.04. The molecular weight excluding hydrogens is 202 g/mol. The van der Waals surface area contributed by atoms with Gasteiger partial charge in [0.25, 0.3) is 0 Å². The highest BCUT2D eigenvalue weighted by Crippen LogP contribution is 2.09. The van der Waals surface area contributed by atoms with Crippen LogP contribution in [-0.4, -0.2) is 34.2 Å². The number of nitrogens with one attached hydrogen (secondary N) is 2. The highest BCUT2D eigenvalue weighted by Gasteiger charge is 2.03. The molecular formula is C11H17N5. The number of hydrogen-bond donors (Lipinski definition) is 2. The summed E-state index contributed by atoms with van der Waals surface area (Å²) in [6.07, 6.45) is 1.91. The molecule has 16 heavy (non-hydrogen) atoms. The maximum atomic E-state index is 4.42. The van der Waals surface area contributed by atoms with E-state index >= 15 is 0 Å². The van der Waals surface area contributed by atoms with E-state index in [1.807, 2.05) is 25.3 Å². The van der Waals surface area contributed by atoms with Crippen LogP contribution in [0.5, 0.6) is 0 Å². The summed E-state index contributed by atoms with van der Waals surface area (Å²) in [7, 11) is 0. The van der Waals surface area contributed by atoms with Crippen molar-refractivity contribution in [2.45, 2.75) is 13.8 Å². The van der Waals surface area contributed by atoms with Gasteiger partial charge in [0, 0.05) is 19.3 Å². The molecule has 2 aromatic heterocycles. The number of fused-ring (bicyclic) bond motifs is 1. The van der Waals surface area contributed by atoms with Gasteiger partial charge in [-0.15, -0.1) is 5.10 Å². The first kappa shape index (κ1) is 10.9. The number of hydrogen-bond acceptors (Lipinski definition) is 4. The lowest BCUT2D eigenvalue weighted by atomic mass is 10.3. The second kappa shape index (κ2) is 4.94. The van der Waals surface area contributed by atoms with Crippen molar-refractivity contribution >= 4 is 11.6 Å². The molecule has 2 heterocycles. The second-order valence-electron chi connectivity index (χ2n) is 3.68. The molecule has 0 spiro atoms. The molecule has 0 aromatic carbocycles. The van der Waals surface area contributed by atoms with E-state index in [2.05, 4.69) is 27.6 Å². The van der Waals surface area contributed by atoms with Gasteiger partial charge in [-0.3, -0.25) is 0 Å². The molecule has 0 fully saturated rings. The van der Waals surface area contributed by atoms with Crippen LogP contribution in [0.25, 0.3) is 5.65 Å². The molecule has 0 aliphatic heterocycles. The fraction of sp³-hybridized carbons (Fsp3) is 0.455. The standard InChI is InChI=1S/C11H17N5/c1-3-12-6-7-13-11-14-10-9(2)5-4-8-16(10)15-11/h4-5,8,12H,3,6-7H2,1-2H3,(H,13,15). The largest absolute Gasteiger partial charge is 0.352 e. The van der Waals surface area contributed by atoms with Gasteiger partial charge < -0.3 is 10.6 Å². The molecule has 0 radical (unpaired) electrons. The lowest BCUT2D eigenvalue weighted by Gasteiger charge is -2.00. The zero-order chi connectivity index (χ0) is 11.4. The van der Waals surface area contributed by atoms with Gasteiger partial charge in [-0.05, 0) is 25.1 Å².